The zero-order valence-electron chi connectivity index (χ0n) is 10.8. The molecule has 100 valence electrons. The Balaban J connectivity index is 3.00. The van der Waals surface area contributed by atoms with Gasteiger partial charge in [-0.25, -0.2) is 0 Å². The van der Waals surface area contributed by atoms with Crippen molar-refractivity contribution in [1.82, 2.24) is 5.32 Å². The number of carbonyl (C=O) groups excluding carboxylic acids is 1. The molecular formula is C13H17Cl2NO2. The molecule has 0 aliphatic carbocycles. The van der Waals surface area contributed by atoms with Crippen molar-refractivity contribution in [3.05, 3.63) is 33.8 Å². The van der Waals surface area contributed by atoms with Crippen LogP contribution in [0.4, 0.5) is 0 Å². The fourth-order valence-electron chi connectivity index (χ4n) is 1.18. The van der Waals surface area contributed by atoms with E-state index in [-0.39, 0.29) is 5.91 Å². The second-order valence-electron chi connectivity index (χ2n) is 5.26. The van der Waals surface area contributed by atoms with Crippen molar-refractivity contribution in [3.8, 4) is 0 Å². The van der Waals surface area contributed by atoms with E-state index in [9.17, 15) is 9.90 Å². The van der Waals surface area contributed by atoms with Gasteiger partial charge in [-0.1, -0.05) is 23.2 Å². The third kappa shape index (κ3) is 3.37. The summed E-state index contributed by atoms with van der Waals surface area (Å²) < 4.78 is 0. The topological polar surface area (TPSA) is 49.3 Å². The first-order valence-corrected chi connectivity index (χ1v) is 6.30. The standard InChI is InChI=1S/C13H17Cl2NO2/c1-12(2,13(3,4)18)16-11(17)9-7-8(14)5-6-10(9)15/h5-7,18H,1-4H3,(H,16,17). The Bertz CT molecular complexity index is 465. The lowest BCUT2D eigenvalue weighted by Gasteiger charge is -2.38. The average molecular weight is 290 g/mol. The molecule has 0 aliphatic heterocycles. The van der Waals surface area contributed by atoms with Crippen molar-refractivity contribution in [1.29, 1.82) is 0 Å². The largest absolute Gasteiger partial charge is 0.388 e. The van der Waals surface area contributed by atoms with Crippen molar-refractivity contribution in [2.45, 2.75) is 38.8 Å². The van der Waals surface area contributed by atoms with Crippen LogP contribution in [0.25, 0.3) is 0 Å². The van der Waals surface area contributed by atoms with Crippen molar-refractivity contribution in [3.63, 3.8) is 0 Å². The molecule has 0 radical (unpaired) electrons. The SMILES string of the molecule is CC(C)(O)C(C)(C)NC(=O)c1cc(Cl)ccc1Cl. The Morgan fingerprint density at radius 2 is 1.78 bits per heavy atom. The molecule has 3 nitrogen and oxygen atoms in total. The molecule has 0 unspecified atom stereocenters. The predicted molar refractivity (Wildman–Crippen MR) is 74.3 cm³/mol. The maximum absolute atomic E-state index is 12.1. The summed E-state index contributed by atoms with van der Waals surface area (Å²) in [5.41, 5.74) is -1.56. The minimum absolute atomic E-state index is 0.293. The van der Waals surface area contributed by atoms with Crippen molar-refractivity contribution in [2.75, 3.05) is 0 Å². The van der Waals surface area contributed by atoms with E-state index in [1.54, 1.807) is 39.8 Å². The van der Waals surface area contributed by atoms with Crippen LogP contribution in [0.2, 0.25) is 10.0 Å². The zero-order valence-corrected chi connectivity index (χ0v) is 12.4. The molecule has 1 aromatic carbocycles. The lowest BCUT2D eigenvalue weighted by molar-refractivity contribution is -0.00292. The Hall–Kier alpha value is -0.770. The van der Waals surface area contributed by atoms with Gasteiger partial charge >= 0.3 is 0 Å². The van der Waals surface area contributed by atoms with Crippen LogP contribution < -0.4 is 5.32 Å². The van der Waals surface area contributed by atoms with Crippen LogP contribution in [0.3, 0.4) is 0 Å². The van der Waals surface area contributed by atoms with Gasteiger partial charge in [-0.05, 0) is 45.9 Å². The summed E-state index contributed by atoms with van der Waals surface area (Å²) >= 11 is 11.8. The highest BCUT2D eigenvalue weighted by atomic mass is 35.5. The number of hydrogen-bond donors (Lipinski definition) is 2. The van der Waals surface area contributed by atoms with E-state index < -0.39 is 11.1 Å². The molecule has 0 saturated heterocycles. The Kier molecular flexibility index (Phi) is 4.31. The summed E-state index contributed by atoms with van der Waals surface area (Å²) in [6.07, 6.45) is 0. The summed E-state index contributed by atoms with van der Waals surface area (Å²) in [4.78, 5) is 12.1. The molecule has 1 aromatic rings. The molecular weight excluding hydrogens is 273 g/mol. The third-order valence-corrected chi connectivity index (χ3v) is 3.69. The van der Waals surface area contributed by atoms with Gasteiger partial charge in [0, 0.05) is 5.02 Å². The third-order valence-electron chi connectivity index (χ3n) is 3.13. The molecule has 0 saturated carbocycles. The molecule has 0 heterocycles. The highest BCUT2D eigenvalue weighted by molar-refractivity contribution is 6.35. The molecule has 1 amide bonds. The molecule has 18 heavy (non-hydrogen) atoms. The van der Waals surface area contributed by atoms with E-state index in [1.807, 2.05) is 0 Å². The Morgan fingerprint density at radius 3 is 2.28 bits per heavy atom. The molecule has 0 spiro atoms. The summed E-state index contributed by atoms with van der Waals surface area (Å²) in [6, 6.07) is 4.68. The van der Waals surface area contributed by atoms with E-state index in [0.29, 0.717) is 15.6 Å². The minimum Gasteiger partial charge on any atom is -0.388 e. The first-order chi connectivity index (χ1) is 8.04. The molecule has 5 heteroatoms. The summed E-state index contributed by atoms with van der Waals surface area (Å²) in [7, 11) is 0. The maximum Gasteiger partial charge on any atom is 0.253 e. The number of aliphatic hydroxyl groups is 1. The van der Waals surface area contributed by atoms with Crippen LogP contribution in [0, 0.1) is 0 Å². The lowest BCUT2D eigenvalue weighted by Crippen LogP contribution is -2.57. The van der Waals surface area contributed by atoms with Gasteiger partial charge in [0.1, 0.15) is 0 Å². The maximum atomic E-state index is 12.1. The number of carbonyl (C=O) groups is 1. The van der Waals surface area contributed by atoms with Gasteiger partial charge in [-0.2, -0.15) is 0 Å². The Morgan fingerprint density at radius 1 is 1.22 bits per heavy atom. The summed E-state index contributed by atoms with van der Waals surface area (Å²) in [6.45, 7) is 6.74. The Labute approximate surface area is 117 Å². The lowest BCUT2D eigenvalue weighted by atomic mass is 9.86. The molecule has 2 N–H and O–H groups in total. The predicted octanol–water partition coefficient (Wildman–Crippen LogP) is 3.27. The van der Waals surface area contributed by atoms with Gasteiger partial charge in [-0.3, -0.25) is 4.79 Å². The second kappa shape index (κ2) is 5.08. The number of halogens is 2. The monoisotopic (exact) mass is 289 g/mol. The minimum atomic E-state index is -1.06. The van der Waals surface area contributed by atoms with E-state index in [0.717, 1.165) is 0 Å². The molecule has 1 rings (SSSR count). The number of rotatable bonds is 3. The van der Waals surface area contributed by atoms with Crippen LogP contribution in [0.15, 0.2) is 18.2 Å². The highest BCUT2D eigenvalue weighted by Crippen LogP contribution is 2.24. The first kappa shape index (κ1) is 15.3. The van der Waals surface area contributed by atoms with Crippen LogP contribution in [-0.4, -0.2) is 22.2 Å². The molecule has 0 aliphatic rings. The number of amides is 1. The highest BCUT2D eigenvalue weighted by Gasteiger charge is 2.36. The van der Waals surface area contributed by atoms with Gasteiger partial charge in [0.25, 0.3) is 5.91 Å². The molecule has 0 bridgehead atoms. The van der Waals surface area contributed by atoms with E-state index >= 15 is 0 Å². The number of benzene rings is 1. The summed E-state index contributed by atoms with van der Waals surface area (Å²) in [5, 5.41) is 13.5. The first-order valence-electron chi connectivity index (χ1n) is 5.54. The van der Waals surface area contributed by atoms with Gasteiger partial charge in [-0.15, -0.1) is 0 Å². The van der Waals surface area contributed by atoms with Crippen molar-refractivity contribution >= 4 is 29.1 Å². The molecule has 0 atom stereocenters. The van der Waals surface area contributed by atoms with Gasteiger partial charge in [0.2, 0.25) is 0 Å². The van der Waals surface area contributed by atoms with E-state index in [4.69, 9.17) is 23.2 Å². The fraction of sp³-hybridized carbons (Fsp3) is 0.462. The second-order valence-corrected chi connectivity index (χ2v) is 6.11. The molecule has 0 fully saturated rings. The quantitative estimate of drug-likeness (QED) is 0.897. The van der Waals surface area contributed by atoms with Crippen molar-refractivity contribution in [2.24, 2.45) is 0 Å². The normalized spacial score (nSPS) is 12.4. The van der Waals surface area contributed by atoms with Gasteiger partial charge < -0.3 is 10.4 Å². The van der Waals surface area contributed by atoms with E-state index in [2.05, 4.69) is 5.32 Å². The van der Waals surface area contributed by atoms with Crippen LogP contribution >= 0.6 is 23.2 Å². The molecule has 0 aromatic heterocycles. The zero-order chi connectivity index (χ0) is 14.1. The van der Waals surface area contributed by atoms with Crippen molar-refractivity contribution < 1.29 is 9.90 Å². The number of hydrogen-bond acceptors (Lipinski definition) is 2. The summed E-state index contributed by atoms with van der Waals surface area (Å²) in [5.74, 6) is -0.366. The van der Waals surface area contributed by atoms with Crippen LogP contribution in [-0.2, 0) is 0 Å². The number of nitrogens with one attached hydrogen (secondary N) is 1. The van der Waals surface area contributed by atoms with E-state index in [1.165, 1.54) is 6.07 Å². The smallest absolute Gasteiger partial charge is 0.253 e. The van der Waals surface area contributed by atoms with Crippen LogP contribution in [0.5, 0.6) is 0 Å². The van der Waals surface area contributed by atoms with Crippen LogP contribution in [0.1, 0.15) is 38.1 Å². The van der Waals surface area contributed by atoms with Gasteiger partial charge in [0.05, 0.1) is 21.7 Å². The van der Waals surface area contributed by atoms with Gasteiger partial charge in [0.15, 0.2) is 0 Å². The average Bonchev–Trinajstić information content (AvgIpc) is 2.19. The fourth-order valence-corrected chi connectivity index (χ4v) is 1.55.